The minimum Gasteiger partial charge on any atom is -0.459 e. The number of rotatable bonds is 8. The van der Waals surface area contributed by atoms with Crippen LogP contribution in [-0.2, 0) is 23.8 Å². The molecule has 0 spiro atoms. The molecular formula is C19H24O5. The Morgan fingerprint density at radius 3 is 2.00 bits per heavy atom. The predicted molar refractivity (Wildman–Crippen MR) is 89.5 cm³/mol. The number of ether oxygens (including phenoxy) is 3. The Kier molecular flexibility index (Phi) is 6.41. The molecule has 0 atom stereocenters. The van der Waals surface area contributed by atoms with Crippen molar-refractivity contribution in [3.8, 4) is 0 Å². The van der Waals surface area contributed by atoms with E-state index < -0.39 is 18.2 Å². The van der Waals surface area contributed by atoms with E-state index in [0.29, 0.717) is 0 Å². The third kappa shape index (κ3) is 5.41. The van der Waals surface area contributed by atoms with Crippen LogP contribution in [0.4, 0.5) is 0 Å². The molecule has 0 radical (unpaired) electrons. The van der Waals surface area contributed by atoms with E-state index in [1.165, 1.54) is 6.92 Å². The van der Waals surface area contributed by atoms with Crippen molar-refractivity contribution < 1.29 is 23.8 Å². The summed E-state index contributed by atoms with van der Waals surface area (Å²) in [6.07, 6.45) is 9.38. The number of hydrogen-bond donors (Lipinski definition) is 0. The lowest BCUT2D eigenvalue weighted by atomic mass is 10.2. The molecule has 130 valence electrons. The van der Waals surface area contributed by atoms with Crippen LogP contribution in [0.3, 0.4) is 0 Å². The maximum absolute atomic E-state index is 11.9. The van der Waals surface area contributed by atoms with Crippen molar-refractivity contribution in [2.75, 3.05) is 0 Å². The van der Waals surface area contributed by atoms with Gasteiger partial charge in [0.25, 0.3) is 0 Å². The summed E-state index contributed by atoms with van der Waals surface area (Å²) in [6.45, 7) is 8.62. The standard InChI is InChI=1S/C19H24O5/c1-13(2)18(20)24-19(21)14(3)12-17(22-15-8-4-5-9-15)23-16-10-6-7-11-16/h8,10,17H,1,3-7,9,11-12H2,2H3. The molecule has 24 heavy (non-hydrogen) atoms. The van der Waals surface area contributed by atoms with Gasteiger partial charge < -0.3 is 14.2 Å². The zero-order chi connectivity index (χ0) is 17.5. The van der Waals surface area contributed by atoms with Gasteiger partial charge in [0.05, 0.1) is 17.9 Å². The summed E-state index contributed by atoms with van der Waals surface area (Å²) in [5.74, 6) is 0.216. The molecule has 0 aliphatic heterocycles. The Morgan fingerprint density at radius 1 is 1.04 bits per heavy atom. The molecule has 0 aromatic rings. The smallest absolute Gasteiger partial charge is 0.341 e. The summed E-state index contributed by atoms with van der Waals surface area (Å²) >= 11 is 0. The highest BCUT2D eigenvalue weighted by Crippen LogP contribution is 2.27. The summed E-state index contributed by atoms with van der Waals surface area (Å²) in [5.41, 5.74) is 0.291. The molecule has 0 saturated heterocycles. The molecule has 0 aromatic carbocycles. The first kappa shape index (κ1) is 18.0. The highest BCUT2D eigenvalue weighted by molar-refractivity contribution is 6.01. The minimum absolute atomic E-state index is 0.131. The van der Waals surface area contributed by atoms with Gasteiger partial charge in [-0.25, -0.2) is 9.59 Å². The summed E-state index contributed by atoms with van der Waals surface area (Å²) in [7, 11) is 0. The molecule has 0 amide bonds. The quantitative estimate of drug-likeness (QED) is 0.290. The lowest BCUT2D eigenvalue weighted by Gasteiger charge is -2.22. The average Bonchev–Trinajstić information content (AvgIpc) is 3.20. The van der Waals surface area contributed by atoms with Crippen molar-refractivity contribution in [3.63, 3.8) is 0 Å². The van der Waals surface area contributed by atoms with Crippen LogP contribution >= 0.6 is 0 Å². The van der Waals surface area contributed by atoms with Crippen LogP contribution in [0.1, 0.15) is 51.9 Å². The largest absolute Gasteiger partial charge is 0.459 e. The predicted octanol–water partition coefficient (Wildman–Crippen LogP) is 4.07. The lowest BCUT2D eigenvalue weighted by molar-refractivity contribution is -0.155. The third-order valence-electron chi connectivity index (χ3n) is 3.80. The normalized spacial score (nSPS) is 16.4. The fourth-order valence-electron chi connectivity index (χ4n) is 2.47. The van der Waals surface area contributed by atoms with Gasteiger partial charge in [-0.05, 0) is 44.8 Å². The van der Waals surface area contributed by atoms with Crippen LogP contribution in [0.25, 0.3) is 0 Å². The van der Waals surface area contributed by atoms with Gasteiger partial charge in [-0.1, -0.05) is 13.2 Å². The Labute approximate surface area is 142 Å². The van der Waals surface area contributed by atoms with E-state index in [1.54, 1.807) is 0 Å². The zero-order valence-corrected chi connectivity index (χ0v) is 14.1. The number of allylic oxidation sites excluding steroid dienone is 4. The second kappa shape index (κ2) is 8.52. The molecule has 2 rings (SSSR count). The second-order valence-electron chi connectivity index (χ2n) is 6.06. The highest BCUT2D eigenvalue weighted by Gasteiger charge is 2.23. The lowest BCUT2D eigenvalue weighted by Crippen LogP contribution is -2.22. The van der Waals surface area contributed by atoms with Crippen LogP contribution in [0.5, 0.6) is 0 Å². The fraction of sp³-hybridized carbons (Fsp3) is 0.474. The molecule has 2 aliphatic carbocycles. The van der Waals surface area contributed by atoms with Crippen molar-refractivity contribution >= 4 is 11.9 Å². The maximum Gasteiger partial charge on any atom is 0.341 e. The van der Waals surface area contributed by atoms with Gasteiger partial charge in [-0.2, -0.15) is 0 Å². The van der Waals surface area contributed by atoms with Crippen molar-refractivity contribution in [1.29, 1.82) is 0 Å². The first-order valence-electron chi connectivity index (χ1n) is 8.27. The molecule has 0 fully saturated rings. The second-order valence-corrected chi connectivity index (χ2v) is 6.06. The van der Waals surface area contributed by atoms with Crippen molar-refractivity contribution in [3.05, 3.63) is 48.0 Å². The summed E-state index contributed by atoms with van der Waals surface area (Å²) in [6, 6.07) is 0. The van der Waals surface area contributed by atoms with Crippen molar-refractivity contribution in [2.24, 2.45) is 0 Å². The molecule has 0 unspecified atom stereocenters. The fourth-order valence-corrected chi connectivity index (χ4v) is 2.47. The number of carbonyl (C=O) groups excluding carboxylic acids is 2. The summed E-state index contributed by atoms with van der Waals surface area (Å²) in [5, 5.41) is 0. The number of hydrogen-bond acceptors (Lipinski definition) is 5. The minimum atomic E-state index is -0.777. The summed E-state index contributed by atoms with van der Waals surface area (Å²) < 4.78 is 16.4. The van der Waals surface area contributed by atoms with Gasteiger partial charge in [0.15, 0.2) is 0 Å². The van der Waals surface area contributed by atoms with Crippen LogP contribution in [0.15, 0.2) is 48.0 Å². The average molecular weight is 332 g/mol. The Bertz CT molecular complexity index is 571. The number of carbonyl (C=O) groups is 2. The van der Waals surface area contributed by atoms with E-state index in [-0.39, 0.29) is 17.6 Å². The first-order valence-corrected chi connectivity index (χ1v) is 8.27. The van der Waals surface area contributed by atoms with Crippen LogP contribution < -0.4 is 0 Å². The summed E-state index contributed by atoms with van der Waals surface area (Å²) in [4.78, 5) is 23.4. The molecule has 5 nitrogen and oxygen atoms in total. The van der Waals surface area contributed by atoms with E-state index >= 15 is 0 Å². The molecule has 5 heteroatoms. The molecule has 0 bridgehead atoms. The number of esters is 2. The highest BCUT2D eigenvalue weighted by atomic mass is 16.7. The SMILES string of the molecule is C=C(C)C(=O)OC(=O)C(=C)CC(OC1=CCCC1)OC1=CCCC1. The van der Waals surface area contributed by atoms with Gasteiger partial charge >= 0.3 is 11.9 Å². The Balaban J connectivity index is 1.94. The van der Waals surface area contributed by atoms with E-state index in [0.717, 1.165) is 50.0 Å². The molecular weight excluding hydrogens is 308 g/mol. The zero-order valence-electron chi connectivity index (χ0n) is 14.1. The van der Waals surface area contributed by atoms with Gasteiger partial charge in [0.2, 0.25) is 6.29 Å². The van der Waals surface area contributed by atoms with Crippen LogP contribution in [0, 0.1) is 0 Å². The first-order chi connectivity index (χ1) is 11.5. The van der Waals surface area contributed by atoms with E-state index in [2.05, 4.69) is 13.2 Å². The molecule has 0 aromatic heterocycles. The van der Waals surface area contributed by atoms with Crippen molar-refractivity contribution in [2.45, 2.75) is 58.2 Å². The van der Waals surface area contributed by atoms with Gasteiger partial charge in [0.1, 0.15) is 0 Å². The Morgan fingerprint density at radius 2 is 1.58 bits per heavy atom. The van der Waals surface area contributed by atoms with E-state index in [9.17, 15) is 9.59 Å². The molecule has 2 aliphatic rings. The van der Waals surface area contributed by atoms with Gasteiger partial charge in [0, 0.05) is 24.0 Å². The molecule has 0 N–H and O–H groups in total. The van der Waals surface area contributed by atoms with Crippen LogP contribution in [0.2, 0.25) is 0 Å². The van der Waals surface area contributed by atoms with E-state index in [1.807, 2.05) is 12.2 Å². The van der Waals surface area contributed by atoms with Gasteiger partial charge in [-0.15, -0.1) is 0 Å². The topological polar surface area (TPSA) is 61.8 Å². The van der Waals surface area contributed by atoms with Crippen LogP contribution in [-0.4, -0.2) is 18.2 Å². The Hall–Kier alpha value is -2.30. The maximum atomic E-state index is 11.9. The molecule has 0 saturated carbocycles. The third-order valence-corrected chi connectivity index (χ3v) is 3.80. The molecule has 0 heterocycles. The van der Waals surface area contributed by atoms with Gasteiger partial charge in [-0.3, -0.25) is 0 Å². The monoisotopic (exact) mass is 332 g/mol. The van der Waals surface area contributed by atoms with Crippen molar-refractivity contribution in [1.82, 2.24) is 0 Å². The van der Waals surface area contributed by atoms with E-state index in [4.69, 9.17) is 14.2 Å².